The van der Waals surface area contributed by atoms with Gasteiger partial charge in [-0.2, -0.15) is 0 Å². The van der Waals surface area contributed by atoms with Crippen LogP contribution in [-0.2, 0) is 6.61 Å². The van der Waals surface area contributed by atoms with Gasteiger partial charge >= 0.3 is 0 Å². The fourth-order valence-corrected chi connectivity index (χ4v) is 3.68. The molecule has 0 saturated heterocycles. The lowest BCUT2D eigenvalue weighted by Crippen LogP contribution is -2.03. The van der Waals surface area contributed by atoms with E-state index in [0.717, 1.165) is 4.47 Å². The van der Waals surface area contributed by atoms with E-state index in [-0.39, 0.29) is 23.7 Å². The number of hydrogen-bond acceptors (Lipinski definition) is 4. The van der Waals surface area contributed by atoms with Crippen LogP contribution in [0.3, 0.4) is 0 Å². The molecule has 0 atom stereocenters. The number of rotatable bonds is 5. The molecule has 0 fully saturated rings. The summed E-state index contributed by atoms with van der Waals surface area (Å²) in [7, 11) is 1.55. The molecule has 158 valence electrons. The fourth-order valence-electron chi connectivity index (χ4n) is 3.30. The van der Waals surface area contributed by atoms with Gasteiger partial charge in [0.25, 0.3) is 0 Å². The summed E-state index contributed by atoms with van der Waals surface area (Å²) in [4.78, 5) is 12.8. The second-order valence-electron chi connectivity index (χ2n) is 6.88. The number of Topliss-reactive ketones (excluding diaryl/α,β-unsaturated/α-hetero) is 1. The highest BCUT2D eigenvalue weighted by Crippen LogP contribution is 2.40. The minimum atomic E-state index is -0.682. The molecule has 1 aliphatic heterocycles. The highest BCUT2D eigenvalue weighted by Gasteiger charge is 2.30. The highest BCUT2D eigenvalue weighted by molar-refractivity contribution is 9.10. The van der Waals surface area contributed by atoms with Gasteiger partial charge in [0.05, 0.1) is 18.2 Å². The standard InChI is InChI=1S/C24H17BrF2O4/c1-13-20(30-12-17-18(26)4-3-5-19(17)27)9-7-16-23(28)22(31-24(13)16)11-14-10-15(25)6-8-21(14)29-2/h3-11H,12H2,1-2H3/b22-11-. The molecule has 0 spiro atoms. The first-order valence-corrected chi connectivity index (χ1v) is 10.2. The maximum absolute atomic E-state index is 13.9. The van der Waals surface area contributed by atoms with Crippen molar-refractivity contribution in [3.8, 4) is 17.2 Å². The Bertz CT molecular complexity index is 1200. The first-order valence-electron chi connectivity index (χ1n) is 9.36. The lowest BCUT2D eigenvalue weighted by molar-refractivity contribution is 0.101. The molecule has 4 rings (SSSR count). The average Bonchev–Trinajstić information content (AvgIpc) is 3.06. The molecule has 4 nitrogen and oxygen atoms in total. The molecule has 0 radical (unpaired) electrons. The summed E-state index contributed by atoms with van der Waals surface area (Å²) in [5.74, 6) is -0.168. The van der Waals surface area contributed by atoms with E-state index in [2.05, 4.69) is 15.9 Å². The van der Waals surface area contributed by atoms with Crippen LogP contribution in [0.25, 0.3) is 6.08 Å². The Kier molecular flexibility index (Phi) is 5.78. The van der Waals surface area contributed by atoms with Gasteiger partial charge in [0.15, 0.2) is 5.76 Å². The number of benzene rings is 3. The molecule has 0 aromatic heterocycles. The van der Waals surface area contributed by atoms with Crippen LogP contribution in [0.1, 0.15) is 27.0 Å². The van der Waals surface area contributed by atoms with Crippen molar-refractivity contribution in [3.63, 3.8) is 0 Å². The Morgan fingerprint density at radius 2 is 1.77 bits per heavy atom. The normalized spacial score (nSPS) is 13.8. The van der Waals surface area contributed by atoms with Gasteiger partial charge in [-0.25, -0.2) is 8.78 Å². The summed E-state index contributed by atoms with van der Waals surface area (Å²) in [5.41, 5.74) is 1.47. The van der Waals surface area contributed by atoms with Gasteiger partial charge in [0.1, 0.15) is 35.5 Å². The van der Waals surface area contributed by atoms with Crippen LogP contribution in [0.4, 0.5) is 8.78 Å². The van der Waals surface area contributed by atoms with E-state index in [1.165, 1.54) is 18.2 Å². The largest absolute Gasteiger partial charge is 0.496 e. The Morgan fingerprint density at radius 1 is 1.06 bits per heavy atom. The van der Waals surface area contributed by atoms with Crippen molar-refractivity contribution in [2.75, 3.05) is 7.11 Å². The van der Waals surface area contributed by atoms with Crippen LogP contribution >= 0.6 is 15.9 Å². The summed E-state index contributed by atoms with van der Waals surface area (Å²) in [6, 6.07) is 12.2. The van der Waals surface area contributed by atoms with Gasteiger partial charge in [-0.1, -0.05) is 22.0 Å². The molecule has 3 aromatic carbocycles. The van der Waals surface area contributed by atoms with Crippen molar-refractivity contribution in [2.24, 2.45) is 0 Å². The zero-order valence-electron chi connectivity index (χ0n) is 16.7. The third-order valence-electron chi connectivity index (χ3n) is 4.95. The van der Waals surface area contributed by atoms with Crippen molar-refractivity contribution in [1.29, 1.82) is 0 Å². The molecule has 0 amide bonds. The lowest BCUT2D eigenvalue weighted by atomic mass is 10.1. The van der Waals surface area contributed by atoms with Crippen LogP contribution in [0.15, 0.2) is 58.8 Å². The number of carbonyl (C=O) groups is 1. The predicted molar refractivity (Wildman–Crippen MR) is 115 cm³/mol. The number of allylic oxidation sites excluding steroid dienone is 1. The van der Waals surface area contributed by atoms with Crippen LogP contribution in [0, 0.1) is 18.6 Å². The van der Waals surface area contributed by atoms with E-state index >= 15 is 0 Å². The summed E-state index contributed by atoms with van der Waals surface area (Å²) in [6.45, 7) is 1.44. The number of fused-ring (bicyclic) bond motifs is 1. The first-order chi connectivity index (χ1) is 14.9. The number of ketones is 1. The Balaban J connectivity index is 1.62. The number of halogens is 3. The summed E-state index contributed by atoms with van der Waals surface area (Å²) in [6.07, 6.45) is 1.61. The predicted octanol–water partition coefficient (Wildman–Crippen LogP) is 6.24. The highest BCUT2D eigenvalue weighted by atomic mass is 79.9. The van der Waals surface area contributed by atoms with Gasteiger partial charge in [0, 0.05) is 15.6 Å². The number of ether oxygens (including phenoxy) is 3. The molecule has 7 heteroatoms. The molecule has 0 N–H and O–H groups in total. The fraction of sp³-hybridized carbons (Fsp3) is 0.125. The molecule has 3 aromatic rings. The van der Waals surface area contributed by atoms with E-state index in [1.54, 1.807) is 38.3 Å². The molecular weight excluding hydrogens is 470 g/mol. The lowest BCUT2D eigenvalue weighted by Gasteiger charge is -2.12. The molecule has 1 aliphatic rings. The first kappa shape index (κ1) is 21.1. The SMILES string of the molecule is COc1ccc(Br)cc1/C=C1\Oc2c(ccc(OCc3c(F)cccc3F)c2C)C1=O. The second kappa shape index (κ2) is 8.51. The molecule has 0 bridgehead atoms. The van der Waals surface area contributed by atoms with Crippen LogP contribution in [0.2, 0.25) is 0 Å². The summed E-state index contributed by atoms with van der Waals surface area (Å²) in [5, 5.41) is 0. The van der Waals surface area contributed by atoms with E-state index in [4.69, 9.17) is 14.2 Å². The average molecular weight is 487 g/mol. The molecular formula is C24H17BrF2O4. The van der Waals surface area contributed by atoms with Crippen LogP contribution < -0.4 is 14.2 Å². The van der Waals surface area contributed by atoms with E-state index < -0.39 is 11.6 Å². The van der Waals surface area contributed by atoms with Gasteiger partial charge < -0.3 is 14.2 Å². The molecule has 1 heterocycles. The third-order valence-corrected chi connectivity index (χ3v) is 5.44. The number of carbonyl (C=O) groups excluding carboxylic acids is 1. The molecule has 31 heavy (non-hydrogen) atoms. The number of hydrogen-bond donors (Lipinski definition) is 0. The van der Waals surface area contributed by atoms with Crippen molar-refractivity contribution in [1.82, 2.24) is 0 Å². The Labute approximate surface area is 186 Å². The second-order valence-corrected chi connectivity index (χ2v) is 7.80. The maximum Gasteiger partial charge on any atom is 0.231 e. The van der Waals surface area contributed by atoms with Crippen LogP contribution in [0.5, 0.6) is 17.2 Å². The molecule has 0 saturated carbocycles. The van der Waals surface area contributed by atoms with Crippen molar-refractivity contribution in [3.05, 3.63) is 92.7 Å². The number of methoxy groups -OCH3 is 1. The van der Waals surface area contributed by atoms with Crippen molar-refractivity contribution in [2.45, 2.75) is 13.5 Å². The Hall–Kier alpha value is -3.19. The molecule has 0 unspecified atom stereocenters. The maximum atomic E-state index is 13.9. The summed E-state index contributed by atoms with van der Waals surface area (Å²) >= 11 is 3.41. The third kappa shape index (κ3) is 4.05. The zero-order valence-corrected chi connectivity index (χ0v) is 18.3. The van der Waals surface area contributed by atoms with Gasteiger partial charge in [-0.05, 0) is 55.5 Å². The van der Waals surface area contributed by atoms with E-state index in [9.17, 15) is 13.6 Å². The molecule has 0 aliphatic carbocycles. The minimum Gasteiger partial charge on any atom is -0.496 e. The minimum absolute atomic E-state index is 0.145. The smallest absolute Gasteiger partial charge is 0.231 e. The van der Waals surface area contributed by atoms with Gasteiger partial charge in [-0.3, -0.25) is 4.79 Å². The van der Waals surface area contributed by atoms with Gasteiger partial charge in [-0.15, -0.1) is 0 Å². The van der Waals surface area contributed by atoms with E-state index in [0.29, 0.717) is 33.9 Å². The quantitative estimate of drug-likeness (QED) is 0.400. The van der Waals surface area contributed by atoms with Gasteiger partial charge in [0.2, 0.25) is 5.78 Å². The zero-order chi connectivity index (χ0) is 22.1. The van der Waals surface area contributed by atoms with Crippen LogP contribution in [-0.4, -0.2) is 12.9 Å². The van der Waals surface area contributed by atoms with Crippen molar-refractivity contribution >= 4 is 27.8 Å². The Morgan fingerprint density at radius 3 is 2.48 bits per heavy atom. The summed E-state index contributed by atoms with van der Waals surface area (Å²) < 4.78 is 45.4. The monoisotopic (exact) mass is 486 g/mol. The topological polar surface area (TPSA) is 44.8 Å². The van der Waals surface area contributed by atoms with Crippen molar-refractivity contribution < 1.29 is 27.8 Å². The van der Waals surface area contributed by atoms with E-state index in [1.807, 2.05) is 12.1 Å².